The smallest absolute Gasteiger partial charge is 0.243 e. The molecule has 1 aromatic rings. The third-order valence-corrected chi connectivity index (χ3v) is 5.87. The topological polar surface area (TPSA) is 66.5 Å². The summed E-state index contributed by atoms with van der Waals surface area (Å²) in [5.74, 6) is 0.0752. The van der Waals surface area contributed by atoms with E-state index in [-0.39, 0.29) is 11.9 Å². The number of carbonyl (C=O) groups is 1. The van der Waals surface area contributed by atoms with Crippen molar-refractivity contribution in [1.82, 2.24) is 9.62 Å². The van der Waals surface area contributed by atoms with Crippen LogP contribution in [0.2, 0.25) is 0 Å². The second kappa shape index (κ2) is 7.74. The average molecular weight is 324 g/mol. The number of hydrogen-bond acceptors (Lipinski definition) is 3. The van der Waals surface area contributed by atoms with E-state index in [0.29, 0.717) is 37.2 Å². The van der Waals surface area contributed by atoms with Gasteiger partial charge in [0.15, 0.2) is 0 Å². The number of amides is 1. The molecule has 6 heteroatoms. The molecule has 1 aliphatic heterocycles. The van der Waals surface area contributed by atoms with Gasteiger partial charge in [0.25, 0.3) is 0 Å². The van der Waals surface area contributed by atoms with Gasteiger partial charge >= 0.3 is 0 Å². The average Bonchev–Trinajstić information content (AvgIpc) is 2.54. The molecule has 122 valence electrons. The monoisotopic (exact) mass is 324 g/mol. The van der Waals surface area contributed by atoms with E-state index < -0.39 is 10.0 Å². The number of hydrogen-bond donors (Lipinski definition) is 1. The van der Waals surface area contributed by atoms with Crippen LogP contribution in [0.5, 0.6) is 0 Å². The van der Waals surface area contributed by atoms with Crippen molar-refractivity contribution < 1.29 is 13.2 Å². The normalized spacial score (nSPS) is 17.3. The van der Waals surface area contributed by atoms with E-state index in [1.807, 2.05) is 0 Å². The Morgan fingerprint density at radius 2 is 1.86 bits per heavy atom. The fourth-order valence-corrected chi connectivity index (χ4v) is 4.11. The van der Waals surface area contributed by atoms with Crippen LogP contribution < -0.4 is 5.32 Å². The van der Waals surface area contributed by atoms with Gasteiger partial charge in [-0.2, -0.15) is 4.31 Å². The number of sulfonamides is 1. The van der Waals surface area contributed by atoms with E-state index in [9.17, 15) is 13.2 Å². The molecule has 5 nitrogen and oxygen atoms in total. The van der Waals surface area contributed by atoms with Crippen molar-refractivity contribution in [2.45, 2.75) is 50.0 Å². The molecule has 0 spiro atoms. The number of rotatable bonds is 6. The third kappa shape index (κ3) is 4.30. The molecule has 0 saturated carbocycles. The number of unbranched alkanes of at least 4 members (excludes halogenated alkanes) is 1. The van der Waals surface area contributed by atoms with E-state index in [2.05, 4.69) is 12.2 Å². The summed E-state index contributed by atoms with van der Waals surface area (Å²) >= 11 is 0. The lowest BCUT2D eigenvalue weighted by atomic mass is 10.1. The molecule has 1 amide bonds. The number of piperidine rings is 1. The van der Waals surface area contributed by atoms with E-state index in [1.54, 1.807) is 30.3 Å². The largest absolute Gasteiger partial charge is 0.353 e. The lowest BCUT2D eigenvalue weighted by molar-refractivity contribution is -0.122. The van der Waals surface area contributed by atoms with Crippen molar-refractivity contribution in [3.05, 3.63) is 30.3 Å². The van der Waals surface area contributed by atoms with Gasteiger partial charge < -0.3 is 5.32 Å². The van der Waals surface area contributed by atoms with Crippen LogP contribution in [0.15, 0.2) is 35.2 Å². The van der Waals surface area contributed by atoms with Gasteiger partial charge in [-0.15, -0.1) is 0 Å². The van der Waals surface area contributed by atoms with Crippen LogP contribution in [0, 0.1) is 0 Å². The molecule has 0 atom stereocenters. The van der Waals surface area contributed by atoms with Gasteiger partial charge in [0.1, 0.15) is 0 Å². The first-order valence-electron chi connectivity index (χ1n) is 7.88. The van der Waals surface area contributed by atoms with Crippen LogP contribution in [0.3, 0.4) is 0 Å². The van der Waals surface area contributed by atoms with Crippen LogP contribution in [-0.4, -0.2) is 37.8 Å². The molecule has 1 saturated heterocycles. The van der Waals surface area contributed by atoms with E-state index in [4.69, 9.17) is 0 Å². The third-order valence-electron chi connectivity index (χ3n) is 3.96. The summed E-state index contributed by atoms with van der Waals surface area (Å²) in [4.78, 5) is 12.1. The molecule has 2 rings (SSSR count). The minimum Gasteiger partial charge on any atom is -0.353 e. The number of nitrogens with one attached hydrogen (secondary N) is 1. The van der Waals surface area contributed by atoms with Crippen molar-refractivity contribution in [1.29, 1.82) is 0 Å². The van der Waals surface area contributed by atoms with Gasteiger partial charge in [0.2, 0.25) is 15.9 Å². The fraction of sp³-hybridized carbons (Fsp3) is 0.562. The van der Waals surface area contributed by atoms with E-state index in [0.717, 1.165) is 12.8 Å². The van der Waals surface area contributed by atoms with Crippen molar-refractivity contribution >= 4 is 15.9 Å². The Kier molecular flexibility index (Phi) is 5.97. The summed E-state index contributed by atoms with van der Waals surface area (Å²) in [6, 6.07) is 8.59. The Morgan fingerprint density at radius 3 is 2.45 bits per heavy atom. The first-order chi connectivity index (χ1) is 10.5. The highest BCUT2D eigenvalue weighted by Crippen LogP contribution is 2.20. The van der Waals surface area contributed by atoms with Crippen molar-refractivity contribution in [2.24, 2.45) is 0 Å². The maximum Gasteiger partial charge on any atom is 0.243 e. The standard InChI is InChI=1S/C16H24N2O3S/c1-2-3-9-16(19)17-14-10-12-18(13-11-14)22(20,21)15-7-5-4-6-8-15/h4-8,14H,2-3,9-13H2,1H3,(H,17,19). The second-order valence-electron chi connectivity index (χ2n) is 5.66. The van der Waals surface area contributed by atoms with Crippen LogP contribution in [-0.2, 0) is 14.8 Å². The highest BCUT2D eigenvalue weighted by atomic mass is 32.2. The minimum atomic E-state index is -3.41. The molecule has 0 radical (unpaired) electrons. The summed E-state index contributed by atoms with van der Waals surface area (Å²) in [5, 5.41) is 3.01. The highest BCUT2D eigenvalue weighted by molar-refractivity contribution is 7.89. The van der Waals surface area contributed by atoms with Crippen LogP contribution >= 0.6 is 0 Å². The Hall–Kier alpha value is -1.40. The molecule has 22 heavy (non-hydrogen) atoms. The zero-order valence-corrected chi connectivity index (χ0v) is 13.8. The Balaban J connectivity index is 1.88. The molecule has 1 aromatic carbocycles. The van der Waals surface area contributed by atoms with Gasteiger partial charge in [-0.1, -0.05) is 31.5 Å². The van der Waals surface area contributed by atoms with E-state index >= 15 is 0 Å². The summed E-state index contributed by atoms with van der Waals surface area (Å²) in [6.45, 7) is 2.96. The number of benzene rings is 1. The number of nitrogens with zero attached hydrogens (tertiary/aromatic N) is 1. The zero-order chi connectivity index (χ0) is 16.0. The number of carbonyl (C=O) groups excluding carboxylic acids is 1. The molecule has 0 aliphatic carbocycles. The van der Waals surface area contributed by atoms with Crippen molar-refractivity contribution in [3.8, 4) is 0 Å². The predicted octanol–water partition coefficient (Wildman–Crippen LogP) is 2.15. The van der Waals surface area contributed by atoms with Crippen molar-refractivity contribution in [2.75, 3.05) is 13.1 Å². The van der Waals surface area contributed by atoms with Gasteiger partial charge in [0, 0.05) is 25.6 Å². The zero-order valence-electron chi connectivity index (χ0n) is 13.0. The summed E-state index contributed by atoms with van der Waals surface area (Å²) < 4.78 is 26.5. The van der Waals surface area contributed by atoms with Crippen LogP contribution in [0.25, 0.3) is 0 Å². The quantitative estimate of drug-likeness (QED) is 0.872. The highest BCUT2D eigenvalue weighted by Gasteiger charge is 2.29. The minimum absolute atomic E-state index is 0.0752. The lowest BCUT2D eigenvalue weighted by Gasteiger charge is -2.31. The molecular formula is C16H24N2O3S. The maximum absolute atomic E-state index is 12.5. The molecule has 0 aromatic heterocycles. The Morgan fingerprint density at radius 1 is 1.23 bits per heavy atom. The first kappa shape index (κ1) is 17.0. The second-order valence-corrected chi connectivity index (χ2v) is 7.60. The molecular weight excluding hydrogens is 300 g/mol. The molecule has 1 N–H and O–H groups in total. The Labute approximate surface area is 132 Å². The Bertz CT molecular complexity index is 579. The maximum atomic E-state index is 12.5. The summed E-state index contributed by atoms with van der Waals surface area (Å²) in [5.41, 5.74) is 0. The van der Waals surface area contributed by atoms with Gasteiger partial charge in [0.05, 0.1) is 4.90 Å². The predicted molar refractivity (Wildman–Crippen MR) is 85.9 cm³/mol. The molecule has 1 aliphatic rings. The van der Waals surface area contributed by atoms with Gasteiger partial charge in [-0.3, -0.25) is 4.79 Å². The van der Waals surface area contributed by atoms with Gasteiger partial charge in [-0.05, 0) is 31.4 Å². The summed E-state index contributed by atoms with van der Waals surface area (Å²) in [7, 11) is -3.41. The van der Waals surface area contributed by atoms with Crippen molar-refractivity contribution in [3.63, 3.8) is 0 Å². The molecule has 0 bridgehead atoms. The fourth-order valence-electron chi connectivity index (χ4n) is 2.62. The first-order valence-corrected chi connectivity index (χ1v) is 9.32. The molecule has 1 fully saturated rings. The van der Waals surface area contributed by atoms with Gasteiger partial charge in [-0.25, -0.2) is 8.42 Å². The van der Waals surface area contributed by atoms with Crippen LogP contribution in [0.1, 0.15) is 39.0 Å². The molecule has 1 heterocycles. The molecule has 0 unspecified atom stereocenters. The van der Waals surface area contributed by atoms with Crippen LogP contribution in [0.4, 0.5) is 0 Å². The lowest BCUT2D eigenvalue weighted by Crippen LogP contribution is -2.46. The summed E-state index contributed by atoms with van der Waals surface area (Å²) in [6.07, 6.45) is 3.79. The SMILES string of the molecule is CCCCC(=O)NC1CCN(S(=O)(=O)c2ccccc2)CC1. The van der Waals surface area contributed by atoms with E-state index in [1.165, 1.54) is 4.31 Å².